The van der Waals surface area contributed by atoms with Crippen molar-refractivity contribution < 1.29 is 18.9 Å². The fraction of sp³-hybridized carbons (Fsp3) is 0.600. The van der Waals surface area contributed by atoms with Gasteiger partial charge in [0.1, 0.15) is 6.10 Å². The smallest absolute Gasteiger partial charge is 0.161 e. The molecule has 1 heterocycles. The monoisotopic (exact) mass is 296 g/mol. The lowest BCUT2D eigenvalue weighted by molar-refractivity contribution is -0.102. The van der Waals surface area contributed by atoms with E-state index < -0.39 is 0 Å². The Labute approximate surface area is 125 Å². The van der Waals surface area contributed by atoms with E-state index in [1.165, 1.54) is 0 Å². The fourth-order valence-electron chi connectivity index (χ4n) is 2.38. The summed E-state index contributed by atoms with van der Waals surface area (Å²) in [6, 6.07) is 5.66. The molecule has 0 amide bonds. The molecule has 2 unspecified atom stereocenters. The van der Waals surface area contributed by atoms with Gasteiger partial charge in [-0.2, -0.15) is 0 Å². The van der Waals surface area contributed by atoms with Gasteiger partial charge in [-0.05, 0) is 31.5 Å². The van der Waals surface area contributed by atoms with Crippen molar-refractivity contribution in [3.05, 3.63) is 23.8 Å². The zero-order valence-electron chi connectivity index (χ0n) is 12.6. The van der Waals surface area contributed by atoms with Gasteiger partial charge >= 0.3 is 0 Å². The van der Waals surface area contributed by atoms with Crippen LogP contribution in [0.5, 0.6) is 11.5 Å². The molecule has 2 atom stereocenters. The summed E-state index contributed by atoms with van der Waals surface area (Å²) in [7, 11) is 0. The molecular formula is C15H24N2O4. The summed E-state index contributed by atoms with van der Waals surface area (Å²) in [5.74, 6) is 7.15. The van der Waals surface area contributed by atoms with Crippen LogP contribution in [0.2, 0.25) is 0 Å². The quantitative estimate of drug-likeness (QED) is 0.585. The maximum absolute atomic E-state index is 5.72. The summed E-state index contributed by atoms with van der Waals surface area (Å²) in [6.07, 6.45) is -0.115. The molecule has 1 aromatic rings. The molecule has 21 heavy (non-hydrogen) atoms. The number of nitrogens with two attached hydrogens (primary N) is 1. The van der Waals surface area contributed by atoms with Crippen LogP contribution in [0.25, 0.3) is 0 Å². The number of ether oxygens (including phenoxy) is 4. The highest BCUT2D eigenvalue weighted by Crippen LogP contribution is 2.32. The second-order valence-electron chi connectivity index (χ2n) is 4.70. The highest BCUT2D eigenvalue weighted by atomic mass is 16.6. The summed E-state index contributed by atoms with van der Waals surface area (Å²) in [6.45, 7) is 6.79. The Morgan fingerprint density at radius 3 is 2.62 bits per heavy atom. The van der Waals surface area contributed by atoms with Crippen molar-refractivity contribution in [2.75, 3.05) is 33.0 Å². The second-order valence-corrected chi connectivity index (χ2v) is 4.70. The summed E-state index contributed by atoms with van der Waals surface area (Å²) >= 11 is 0. The number of hydrazine groups is 1. The molecule has 0 bridgehead atoms. The van der Waals surface area contributed by atoms with Gasteiger partial charge in [0.15, 0.2) is 11.5 Å². The molecule has 6 heteroatoms. The topological polar surface area (TPSA) is 75.0 Å². The normalized spacial score (nSPS) is 20.0. The first-order valence-electron chi connectivity index (χ1n) is 7.35. The number of benzene rings is 1. The first-order chi connectivity index (χ1) is 10.3. The van der Waals surface area contributed by atoms with E-state index in [-0.39, 0.29) is 12.1 Å². The van der Waals surface area contributed by atoms with Gasteiger partial charge in [0.2, 0.25) is 0 Å². The predicted molar refractivity (Wildman–Crippen MR) is 79.4 cm³/mol. The van der Waals surface area contributed by atoms with Crippen molar-refractivity contribution in [1.29, 1.82) is 0 Å². The number of hydrogen-bond donors (Lipinski definition) is 2. The summed E-state index contributed by atoms with van der Waals surface area (Å²) in [4.78, 5) is 0. The molecule has 1 aliphatic rings. The molecule has 1 aliphatic heterocycles. The first kappa shape index (κ1) is 16.0. The molecule has 3 N–H and O–H groups in total. The predicted octanol–water partition coefficient (Wildman–Crippen LogP) is 1.40. The van der Waals surface area contributed by atoms with Gasteiger partial charge in [0.05, 0.1) is 39.1 Å². The van der Waals surface area contributed by atoms with Crippen molar-refractivity contribution in [2.24, 2.45) is 5.84 Å². The Bertz CT molecular complexity index is 436. The van der Waals surface area contributed by atoms with E-state index in [4.69, 9.17) is 24.8 Å². The number of hydrogen-bond acceptors (Lipinski definition) is 6. The van der Waals surface area contributed by atoms with Crippen LogP contribution in [0.4, 0.5) is 0 Å². The third-order valence-electron chi connectivity index (χ3n) is 3.32. The van der Waals surface area contributed by atoms with Crippen LogP contribution >= 0.6 is 0 Å². The lowest BCUT2D eigenvalue weighted by Crippen LogP contribution is -2.43. The maximum Gasteiger partial charge on any atom is 0.161 e. The van der Waals surface area contributed by atoms with E-state index in [1.807, 2.05) is 32.0 Å². The highest BCUT2D eigenvalue weighted by molar-refractivity contribution is 5.44. The molecule has 1 saturated heterocycles. The van der Waals surface area contributed by atoms with Crippen LogP contribution in [-0.4, -0.2) is 39.1 Å². The minimum absolute atomic E-state index is 0.115. The van der Waals surface area contributed by atoms with Gasteiger partial charge in [-0.1, -0.05) is 6.07 Å². The molecule has 0 aliphatic carbocycles. The number of nitrogens with one attached hydrogen (secondary N) is 1. The first-order valence-corrected chi connectivity index (χ1v) is 7.35. The average Bonchev–Trinajstić information content (AvgIpc) is 2.52. The van der Waals surface area contributed by atoms with Crippen LogP contribution in [0, 0.1) is 0 Å². The Morgan fingerprint density at radius 1 is 1.24 bits per heavy atom. The Kier molecular flexibility index (Phi) is 6.25. The Morgan fingerprint density at radius 2 is 2.00 bits per heavy atom. The largest absolute Gasteiger partial charge is 0.490 e. The molecular weight excluding hydrogens is 272 g/mol. The van der Waals surface area contributed by atoms with Crippen LogP contribution in [-0.2, 0) is 9.47 Å². The molecule has 118 valence electrons. The fourth-order valence-corrected chi connectivity index (χ4v) is 2.38. The van der Waals surface area contributed by atoms with Gasteiger partial charge in [0, 0.05) is 0 Å². The zero-order valence-corrected chi connectivity index (χ0v) is 12.6. The molecule has 2 rings (SSSR count). The van der Waals surface area contributed by atoms with Crippen molar-refractivity contribution in [1.82, 2.24) is 5.43 Å². The van der Waals surface area contributed by atoms with Crippen molar-refractivity contribution >= 4 is 0 Å². The minimum Gasteiger partial charge on any atom is -0.490 e. The lowest BCUT2D eigenvalue weighted by atomic mass is 10.0. The Hall–Kier alpha value is -1.34. The van der Waals surface area contributed by atoms with E-state index in [2.05, 4.69) is 5.43 Å². The van der Waals surface area contributed by atoms with Crippen LogP contribution in [0.15, 0.2) is 18.2 Å². The standard InChI is InChI=1S/C15H24N2O4/c1-3-19-12-6-5-11(9-13(12)20-4-2)15(17-16)14-10-18-7-8-21-14/h5-6,9,14-15,17H,3-4,7-8,10,16H2,1-2H3. The van der Waals surface area contributed by atoms with E-state index >= 15 is 0 Å². The molecule has 0 radical (unpaired) electrons. The third kappa shape index (κ3) is 4.07. The van der Waals surface area contributed by atoms with Gasteiger partial charge in [0.25, 0.3) is 0 Å². The molecule has 1 aromatic carbocycles. The Balaban J connectivity index is 2.21. The van der Waals surface area contributed by atoms with E-state index in [1.54, 1.807) is 0 Å². The molecule has 0 aromatic heterocycles. The van der Waals surface area contributed by atoms with Crippen LogP contribution in [0.1, 0.15) is 25.5 Å². The van der Waals surface area contributed by atoms with Crippen LogP contribution in [0.3, 0.4) is 0 Å². The van der Waals surface area contributed by atoms with Crippen molar-refractivity contribution in [3.8, 4) is 11.5 Å². The molecule has 1 fully saturated rings. The van der Waals surface area contributed by atoms with Crippen molar-refractivity contribution in [2.45, 2.75) is 26.0 Å². The van der Waals surface area contributed by atoms with Crippen LogP contribution < -0.4 is 20.7 Å². The average molecular weight is 296 g/mol. The summed E-state index contributed by atoms with van der Waals surface area (Å²) in [5.41, 5.74) is 3.79. The SMILES string of the molecule is CCOc1ccc(C(NN)C2COCCO2)cc1OCC. The third-order valence-corrected chi connectivity index (χ3v) is 3.32. The molecule has 6 nitrogen and oxygen atoms in total. The highest BCUT2D eigenvalue weighted by Gasteiger charge is 2.26. The van der Waals surface area contributed by atoms with Gasteiger partial charge in [-0.25, -0.2) is 0 Å². The van der Waals surface area contributed by atoms with Gasteiger partial charge < -0.3 is 18.9 Å². The zero-order chi connectivity index (χ0) is 15.1. The lowest BCUT2D eigenvalue weighted by Gasteiger charge is -2.30. The summed E-state index contributed by atoms with van der Waals surface area (Å²) < 4.78 is 22.4. The van der Waals surface area contributed by atoms with E-state index in [0.717, 1.165) is 11.3 Å². The number of rotatable bonds is 7. The molecule has 0 saturated carbocycles. The molecule has 0 spiro atoms. The van der Waals surface area contributed by atoms with E-state index in [0.29, 0.717) is 38.8 Å². The van der Waals surface area contributed by atoms with E-state index in [9.17, 15) is 0 Å². The van der Waals surface area contributed by atoms with Gasteiger partial charge in [-0.3, -0.25) is 11.3 Å². The second kappa shape index (κ2) is 8.19. The minimum atomic E-state index is -0.153. The maximum atomic E-state index is 5.72. The van der Waals surface area contributed by atoms with Crippen molar-refractivity contribution in [3.63, 3.8) is 0 Å². The summed E-state index contributed by atoms with van der Waals surface area (Å²) in [5, 5.41) is 0. The van der Waals surface area contributed by atoms with Gasteiger partial charge in [-0.15, -0.1) is 0 Å².